The van der Waals surface area contributed by atoms with E-state index >= 15 is 0 Å². The van der Waals surface area contributed by atoms with Crippen LogP contribution in [0, 0.1) is 11.8 Å². The van der Waals surface area contributed by atoms with Gasteiger partial charge in [0.2, 0.25) is 0 Å². The summed E-state index contributed by atoms with van der Waals surface area (Å²) in [6, 6.07) is 35.6. The molecule has 0 fully saturated rings. The average Bonchev–Trinajstić information content (AvgIpc) is 2.99. The van der Waals surface area contributed by atoms with Crippen LogP contribution >= 0.6 is 20.8 Å². The molecule has 0 aliphatic rings. The molecule has 7 heteroatoms. The number of halogens is 1. The van der Waals surface area contributed by atoms with Crippen LogP contribution in [0.1, 0.15) is 54.0 Å². The number of rotatable bonds is 11. The van der Waals surface area contributed by atoms with E-state index in [1.807, 2.05) is 34.6 Å². The van der Waals surface area contributed by atoms with Crippen LogP contribution in [0.15, 0.2) is 103 Å². The van der Waals surface area contributed by atoms with Crippen molar-refractivity contribution in [3.8, 4) is 0 Å². The fourth-order valence-corrected chi connectivity index (χ4v) is 14.4. The van der Waals surface area contributed by atoms with E-state index in [0.717, 1.165) is 6.16 Å². The molecule has 4 aromatic rings. The van der Waals surface area contributed by atoms with E-state index in [0.29, 0.717) is 6.16 Å². The molecule has 0 bridgehead atoms. The average molecular weight is 692 g/mol. The van der Waals surface area contributed by atoms with Gasteiger partial charge in [-0.1, -0.05) is 0 Å². The van der Waals surface area contributed by atoms with Crippen LogP contribution < -0.4 is 21.2 Å². The van der Waals surface area contributed by atoms with Crippen molar-refractivity contribution in [3.63, 3.8) is 0 Å². The summed E-state index contributed by atoms with van der Waals surface area (Å²) in [7, 11) is 0. The summed E-state index contributed by atoms with van der Waals surface area (Å²) in [5.41, 5.74) is 0.570. The normalized spacial score (nSPS) is 14.4. The van der Waals surface area contributed by atoms with Gasteiger partial charge in [0.1, 0.15) is 0 Å². The molecule has 4 aromatic carbocycles. The molecule has 0 saturated carbocycles. The molecule has 0 spiro atoms. The molecule has 240 valence electrons. The number of hydrogen-bond acceptors (Lipinski definition) is 3. The van der Waals surface area contributed by atoms with Crippen LogP contribution in [0.3, 0.4) is 0 Å². The van der Waals surface area contributed by atoms with Crippen molar-refractivity contribution >= 4 is 54.2 Å². The predicted molar refractivity (Wildman–Crippen MR) is 195 cm³/mol. The minimum absolute atomic E-state index is 0.117. The summed E-state index contributed by atoms with van der Waals surface area (Å²) in [4.78, 5) is 26.7. The van der Waals surface area contributed by atoms with E-state index < -0.39 is 23.0 Å². The molecule has 0 saturated heterocycles. The Morgan fingerprint density at radius 1 is 0.733 bits per heavy atom. The number of hydrogen-bond donors (Lipinski definition) is 2. The van der Waals surface area contributed by atoms with Crippen molar-refractivity contribution in [1.29, 1.82) is 0 Å². The number of fused-ring (bicyclic) bond motifs is 1. The van der Waals surface area contributed by atoms with Crippen LogP contribution in [0.2, 0.25) is 0 Å². The van der Waals surface area contributed by atoms with E-state index in [9.17, 15) is 9.59 Å². The van der Waals surface area contributed by atoms with Crippen LogP contribution in [-0.4, -0.2) is 35.8 Å². The molecule has 2 atom stereocenters. The first-order chi connectivity index (χ1) is 21.2. The Morgan fingerprint density at radius 3 is 1.78 bits per heavy atom. The van der Waals surface area contributed by atoms with Gasteiger partial charge in [-0.2, -0.15) is 0 Å². The van der Waals surface area contributed by atoms with E-state index in [-0.39, 0.29) is 23.8 Å². The van der Waals surface area contributed by atoms with Crippen LogP contribution in [0.25, 0.3) is 10.8 Å². The van der Waals surface area contributed by atoms with Crippen molar-refractivity contribution in [2.24, 2.45) is 11.8 Å². The minimum atomic E-state index is -3.24. The molecule has 0 radical (unpaired) electrons. The first-order valence-corrected chi connectivity index (χ1v) is 20.4. The maximum atomic E-state index is 14.0. The van der Waals surface area contributed by atoms with Gasteiger partial charge in [0.15, 0.2) is 0 Å². The number of carbonyl (C=O) groups is 2. The van der Waals surface area contributed by atoms with Crippen molar-refractivity contribution in [3.05, 3.63) is 109 Å². The van der Waals surface area contributed by atoms with Crippen molar-refractivity contribution < 1.29 is 14.3 Å². The molecule has 45 heavy (non-hydrogen) atoms. The number of benzene rings is 4. The van der Waals surface area contributed by atoms with Crippen LogP contribution in [-0.2, 0) is 15.7 Å². The van der Waals surface area contributed by atoms with E-state index in [1.54, 1.807) is 0 Å². The third kappa shape index (κ3) is 8.34. The topological polar surface area (TPSA) is 67.4 Å². The van der Waals surface area contributed by atoms with Gasteiger partial charge in [0.05, 0.1) is 0 Å². The van der Waals surface area contributed by atoms with E-state index in [2.05, 4.69) is 143 Å². The number of ether oxygens (including phenoxy) is 1. The zero-order chi connectivity index (χ0) is 32.9. The second-order valence-corrected chi connectivity index (χ2v) is 23.4. The maximum absolute atomic E-state index is 14.0. The van der Waals surface area contributed by atoms with Gasteiger partial charge in [-0.25, -0.2) is 0 Å². The fourth-order valence-electron chi connectivity index (χ4n) is 5.94. The molecule has 1 unspecified atom stereocenters. The fraction of sp³-hybridized carbons (Fsp3) is 0.368. The molecule has 5 nitrogen and oxygen atoms in total. The van der Waals surface area contributed by atoms with Gasteiger partial charge >= 0.3 is 278 Å². The summed E-state index contributed by atoms with van der Waals surface area (Å²) in [5.74, 6) is -0.226. The van der Waals surface area contributed by atoms with Crippen molar-refractivity contribution in [1.82, 2.24) is 10.6 Å². The zero-order valence-corrected chi connectivity index (χ0v) is 30.1. The number of carbonyl (C=O) groups excluding carboxylic acids is 2. The van der Waals surface area contributed by atoms with Gasteiger partial charge in [0.25, 0.3) is 0 Å². The Bertz CT molecular complexity index is 1560. The molecule has 0 aliphatic carbocycles. The Labute approximate surface area is 277 Å². The monoisotopic (exact) mass is 690 g/mol. The molecular formula is C38H48BrN2O3P. The Balaban J connectivity index is 1.80. The van der Waals surface area contributed by atoms with E-state index in [1.165, 1.54) is 26.9 Å². The molecule has 0 heterocycles. The first kappa shape index (κ1) is 34.7. The van der Waals surface area contributed by atoms with Crippen LogP contribution in [0.5, 0.6) is 0 Å². The van der Waals surface area contributed by atoms with Gasteiger partial charge in [-0.15, -0.1) is 0 Å². The Morgan fingerprint density at radius 2 is 1.27 bits per heavy atom. The standard InChI is InChI=1S/C38H48BrN2O3P/c1-27(2)34(40-36(42)35(28(3)4)41-37(43)44-38(5,6)7)26-45(39,32-18-10-8-11-19-32,33-20-12-9-13-21-33)25-29-22-23-30-16-14-15-17-31(30)24-29/h8-24,27-28,34-35H,25-26H2,1-7H3,(H,40,42)(H,41,43)/t34-,35?/m1/s1. The number of nitrogens with one attached hydrogen (secondary N) is 2. The molecule has 0 aromatic heterocycles. The molecule has 2 amide bonds. The van der Waals surface area contributed by atoms with Gasteiger partial charge in [0, 0.05) is 0 Å². The Kier molecular flexibility index (Phi) is 10.8. The molecular weight excluding hydrogens is 643 g/mol. The summed E-state index contributed by atoms with van der Waals surface area (Å²) in [5, 5.41) is 7.87. The second kappa shape index (κ2) is 14.1. The predicted octanol–water partition coefficient (Wildman–Crippen LogP) is 8.54. The molecule has 0 aliphatic heterocycles. The van der Waals surface area contributed by atoms with Crippen LogP contribution in [0.4, 0.5) is 4.79 Å². The van der Waals surface area contributed by atoms with Gasteiger partial charge in [-0.05, 0) is 0 Å². The number of amides is 2. The third-order valence-corrected chi connectivity index (χ3v) is 17.6. The Hall–Kier alpha value is -3.21. The van der Waals surface area contributed by atoms with Gasteiger partial charge in [-0.3, -0.25) is 0 Å². The number of alkyl carbamates (subject to hydrolysis) is 1. The molecule has 4 rings (SSSR count). The van der Waals surface area contributed by atoms with Crippen molar-refractivity contribution in [2.45, 2.75) is 72.3 Å². The second-order valence-electron chi connectivity index (χ2n) is 13.8. The first-order valence-electron chi connectivity index (χ1n) is 15.8. The summed E-state index contributed by atoms with van der Waals surface area (Å²) < 4.78 is 5.50. The summed E-state index contributed by atoms with van der Waals surface area (Å²) in [6.07, 6.45) is 0.864. The van der Waals surface area contributed by atoms with Crippen molar-refractivity contribution in [2.75, 3.05) is 6.16 Å². The SMILES string of the molecule is CC(C)C(NC(=O)OC(C)(C)C)C(=O)N[C@H](CP(Br)(Cc1ccc2ccccc2c1)(c1ccccc1)c1ccccc1)C(C)C. The quantitative estimate of drug-likeness (QED) is 0.155. The zero-order valence-electron chi connectivity index (χ0n) is 27.6. The molecule has 2 N–H and O–H groups in total. The van der Waals surface area contributed by atoms with Gasteiger partial charge < -0.3 is 0 Å². The summed E-state index contributed by atoms with van der Waals surface area (Å²) in [6.45, 7) is 13.6. The third-order valence-electron chi connectivity index (χ3n) is 8.35. The summed E-state index contributed by atoms with van der Waals surface area (Å²) >= 11 is 4.60. The van der Waals surface area contributed by atoms with E-state index in [4.69, 9.17) is 4.74 Å².